The van der Waals surface area contributed by atoms with Crippen molar-refractivity contribution in [3.8, 4) is 17.3 Å². The number of aryl methyl sites for hydroxylation is 1. The van der Waals surface area contributed by atoms with Crippen LogP contribution >= 0.6 is 0 Å². The van der Waals surface area contributed by atoms with Gasteiger partial charge in [0.25, 0.3) is 0 Å². The van der Waals surface area contributed by atoms with E-state index in [9.17, 15) is 4.39 Å². The zero-order chi connectivity index (χ0) is 18.8. The molecule has 0 aliphatic heterocycles. The van der Waals surface area contributed by atoms with E-state index in [1.54, 1.807) is 29.2 Å². The molecule has 0 aliphatic carbocycles. The molecule has 0 bridgehead atoms. The van der Waals surface area contributed by atoms with E-state index in [1.807, 2.05) is 13.8 Å². The van der Waals surface area contributed by atoms with Gasteiger partial charge >= 0.3 is 0 Å². The van der Waals surface area contributed by atoms with E-state index >= 15 is 0 Å². The van der Waals surface area contributed by atoms with Crippen molar-refractivity contribution in [2.45, 2.75) is 26.8 Å². The first-order valence-electron chi connectivity index (χ1n) is 8.74. The lowest BCUT2D eigenvalue weighted by atomic mass is 10.1. The van der Waals surface area contributed by atoms with Crippen LogP contribution in [0.15, 0.2) is 30.9 Å². The number of ether oxygens (including phenoxy) is 1. The number of aromatic amines is 1. The summed E-state index contributed by atoms with van der Waals surface area (Å²) in [5.41, 5.74) is 2.97. The molecule has 4 heterocycles. The lowest BCUT2D eigenvalue weighted by Gasteiger charge is -2.06. The molecule has 137 valence electrons. The van der Waals surface area contributed by atoms with Crippen LogP contribution in [0.2, 0.25) is 0 Å². The number of nitrogens with one attached hydrogen (secondary N) is 1. The Labute approximate surface area is 155 Å². The van der Waals surface area contributed by atoms with Gasteiger partial charge < -0.3 is 9.72 Å². The van der Waals surface area contributed by atoms with E-state index in [4.69, 9.17) is 4.74 Å². The summed E-state index contributed by atoms with van der Waals surface area (Å²) in [6.07, 6.45) is 5.31. The number of aromatic nitrogens is 6. The Morgan fingerprint density at radius 1 is 1.22 bits per heavy atom. The van der Waals surface area contributed by atoms with Gasteiger partial charge in [-0.05, 0) is 25.5 Å². The second kappa shape index (κ2) is 7.14. The topological polar surface area (TPSA) is 81.5 Å². The van der Waals surface area contributed by atoms with Crippen molar-refractivity contribution in [3.63, 3.8) is 0 Å². The zero-order valence-corrected chi connectivity index (χ0v) is 15.0. The second-order valence-corrected chi connectivity index (χ2v) is 5.95. The van der Waals surface area contributed by atoms with Crippen LogP contribution in [0.25, 0.3) is 22.4 Å². The maximum atomic E-state index is 14.6. The number of nitrogens with zero attached hydrogens (tertiary/aromatic N) is 5. The number of rotatable bonds is 6. The number of fused-ring (bicyclic) bond motifs is 1. The Bertz CT molecular complexity index is 1090. The maximum absolute atomic E-state index is 14.6. The van der Waals surface area contributed by atoms with Gasteiger partial charge in [-0.1, -0.05) is 6.07 Å². The van der Waals surface area contributed by atoms with Gasteiger partial charge in [-0.3, -0.25) is 4.68 Å². The van der Waals surface area contributed by atoms with Crippen molar-refractivity contribution in [3.05, 3.63) is 54.0 Å². The summed E-state index contributed by atoms with van der Waals surface area (Å²) in [7, 11) is 0. The highest BCUT2D eigenvalue weighted by Gasteiger charge is 2.15. The molecular formula is C19H18FN6O. The number of pyridine rings is 1. The molecule has 0 aliphatic rings. The first kappa shape index (κ1) is 17.1. The fourth-order valence-corrected chi connectivity index (χ4v) is 2.92. The molecule has 1 radical (unpaired) electrons. The molecule has 0 saturated heterocycles. The highest BCUT2D eigenvalue weighted by molar-refractivity contribution is 5.85. The molecule has 4 rings (SSSR count). The molecular weight excluding hydrogens is 347 g/mol. The second-order valence-electron chi connectivity index (χ2n) is 5.95. The predicted octanol–water partition coefficient (Wildman–Crippen LogP) is 3.17. The van der Waals surface area contributed by atoms with Gasteiger partial charge in [-0.2, -0.15) is 9.49 Å². The quantitative estimate of drug-likeness (QED) is 0.531. The smallest absolute Gasteiger partial charge is 0.226 e. The number of hydrogen-bond donors (Lipinski definition) is 1. The number of halogens is 1. The van der Waals surface area contributed by atoms with Gasteiger partial charge in [0.1, 0.15) is 17.7 Å². The number of hydrogen-bond acceptors (Lipinski definition) is 5. The molecule has 8 heteroatoms. The highest BCUT2D eigenvalue weighted by Crippen LogP contribution is 2.28. The Morgan fingerprint density at radius 3 is 2.85 bits per heavy atom. The van der Waals surface area contributed by atoms with Gasteiger partial charge in [0.2, 0.25) is 11.8 Å². The Morgan fingerprint density at radius 2 is 2.11 bits per heavy atom. The molecule has 27 heavy (non-hydrogen) atoms. The van der Waals surface area contributed by atoms with Crippen LogP contribution < -0.4 is 4.74 Å². The molecule has 1 N–H and O–H groups in total. The van der Waals surface area contributed by atoms with Crippen LogP contribution in [0, 0.1) is 12.0 Å². The molecule has 4 aromatic heterocycles. The average Bonchev–Trinajstić information content (AvgIpc) is 3.31. The first-order valence-corrected chi connectivity index (χ1v) is 8.74. The minimum atomic E-state index is -0.531. The molecule has 0 aromatic carbocycles. The summed E-state index contributed by atoms with van der Waals surface area (Å²) < 4.78 is 21.9. The Kier molecular flexibility index (Phi) is 4.53. The van der Waals surface area contributed by atoms with Gasteiger partial charge in [0.05, 0.1) is 17.7 Å². The van der Waals surface area contributed by atoms with Crippen molar-refractivity contribution in [2.75, 3.05) is 6.61 Å². The van der Waals surface area contributed by atoms with Gasteiger partial charge in [-0.25, -0.2) is 15.0 Å². The van der Waals surface area contributed by atoms with E-state index in [1.165, 1.54) is 6.33 Å². The number of H-pyrrole nitrogens is 1. The zero-order valence-electron chi connectivity index (χ0n) is 15.0. The lowest BCUT2D eigenvalue weighted by molar-refractivity contribution is 0.330. The standard InChI is InChI=1S/C19H18FN6O/c1-3-26-8-7-15(25-26)14-6-5-12(17(20)24-14)9-13-10-21-18-16(13)19(27-4-2)23-11-22-18/h5-6,8,10-11H,3-4,9H2,1-2H3,(H,21,22,23). The maximum Gasteiger partial charge on any atom is 0.226 e. The molecule has 0 fully saturated rings. The molecule has 0 spiro atoms. The normalized spacial score (nSPS) is 11.2. The minimum absolute atomic E-state index is 0.347. The Balaban J connectivity index is 1.66. The van der Waals surface area contributed by atoms with E-state index < -0.39 is 5.95 Å². The van der Waals surface area contributed by atoms with Crippen molar-refractivity contribution in [1.29, 1.82) is 0 Å². The lowest BCUT2D eigenvalue weighted by Crippen LogP contribution is -2.00. The van der Waals surface area contributed by atoms with Crippen molar-refractivity contribution in [1.82, 2.24) is 29.7 Å². The Hall–Kier alpha value is -3.29. The third-order valence-electron chi connectivity index (χ3n) is 4.25. The SMILES string of the molecule is CCOc1ncnc2[nH]cc(Cc3ccc(-c4[c]cn(CC)n4)nc3F)c12. The fraction of sp³-hybridized carbons (Fsp3) is 0.263. The summed E-state index contributed by atoms with van der Waals surface area (Å²) in [4.78, 5) is 15.5. The van der Waals surface area contributed by atoms with Crippen LogP contribution in [-0.2, 0) is 13.0 Å². The van der Waals surface area contributed by atoms with Gasteiger partial charge in [0, 0.05) is 37.0 Å². The molecule has 0 saturated carbocycles. The van der Waals surface area contributed by atoms with Crippen LogP contribution in [0.5, 0.6) is 5.88 Å². The van der Waals surface area contributed by atoms with Gasteiger partial charge in [0.15, 0.2) is 0 Å². The highest BCUT2D eigenvalue weighted by atomic mass is 19.1. The van der Waals surface area contributed by atoms with Crippen molar-refractivity contribution < 1.29 is 9.13 Å². The minimum Gasteiger partial charge on any atom is -0.477 e. The fourth-order valence-electron chi connectivity index (χ4n) is 2.92. The van der Waals surface area contributed by atoms with E-state index in [0.29, 0.717) is 41.5 Å². The van der Waals surface area contributed by atoms with Crippen LogP contribution in [0.4, 0.5) is 4.39 Å². The summed E-state index contributed by atoms with van der Waals surface area (Å²) in [6.45, 7) is 5.08. The predicted molar refractivity (Wildman–Crippen MR) is 97.8 cm³/mol. The summed E-state index contributed by atoms with van der Waals surface area (Å²) in [6, 6.07) is 6.47. The summed E-state index contributed by atoms with van der Waals surface area (Å²) in [5.74, 6) is -0.0421. The molecule has 0 atom stereocenters. The van der Waals surface area contributed by atoms with Crippen molar-refractivity contribution >= 4 is 11.0 Å². The molecule has 0 unspecified atom stereocenters. The first-order chi connectivity index (χ1) is 13.2. The monoisotopic (exact) mass is 365 g/mol. The summed E-state index contributed by atoms with van der Waals surface area (Å²) >= 11 is 0. The third kappa shape index (κ3) is 3.25. The average molecular weight is 365 g/mol. The van der Waals surface area contributed by atoms with E-state index in [2.05, 4.69) is 31.1 Å². The van der Waals surface area contributed by atoms with Crippen LogP contribution in [0.1, 0.15) is 25.0 Å². The van der Waals surface area contributed by atoms with E-state index in [-0.39, 0.29) is 0 Å². The van der Waals surface area contributed by atoms with Crippen molar-refractivity contribution in [2.24, 2.45) is 0 Å². The molecule has 4 aromatic rings. The van der Waals surface area contributed by atoms with E-state index in [0.717, 1.165) is 17.5 Å². The largest absolute Gasteiger partial charge is 0.477 e. The molecule has 0 amide bonds. The van der Waals surface area contributed by atoms with Crippen LogP contribution in [0.3, 0.4) is 0 Å². The van der Waals surface area contributed by atoms with Crippen LogP contribution in [-0.4, -0.2) is 36.3 Å². The molecule has 7 nitrogen and oxygen atoms in total. The van der Waals surface area contributed by atoms with Gasteiger partial charge in [-0.15, -0.1) is 0 Å². The third-order valence-corrected chi connectivity index (χ3v) is 4.25. The summed E-state index contributed by atoms with van der Waals surface area (Å²) in [5, 5.41) is 5.07.